The van der Waals surface area contributed by atoms with Crippen LogP contribution in [0.1, 0.15) is 30.4 Å². The Balaban J connectivity index is 3.11. The van der Waals surface area contributed by atoms with Crippen LogP contribution in [-0.2, 0) is 0 Å². The van der Waals surface area contributed by atoms with Gasteiger partial charge < -0.3 is 5.73 Å². The molecular weight excluding hydrogens is 201 g/mol. The molecule has 1 atom stereocenters. The Kier molecular flexibility index (Phi) is 3.90. The fraction of sp³-hybridized carbons (Fsp3) is 0.455. The van der Waals surface area contributed by atoms with Crippen molar-refractivity contribution in [1.29, 1.82) is 0 Å². The van der Waals surface area contributed by atoms with Gasteiger partial charge in [-0.25, -0.2) is 4.39 Å². The zero-order valence-electron chi connectivity index (χ0n) is 8.48. The zero-order valence-corrected chi connectivity index (χ0v) is 9.24. The van der Waals surface area contributed by atoms with Gasteiger partial charge in [0, 0.05) is 0 Å². The van der Waals surface area contributed by atoms with E-state index in [4.69, 9.17) is 17.3 Å². The third-order valence-corrected chi connectivity index (χ3v) is 2.74. The van der Waals surface area contributed by atoms with E-state index in [-0.39, 0.29) is 16.8 Å². The first-order chi connectivity index (χ1) is 6.57. The van der Waals surface area contributed by atoms with Crippen molar-refractivity contribution in [3.8, 4) is 0 Å². The number of nitrogens with two attached hydrogens (primary N) is 1. The van der Waals surface area contributed by atoms with Gasteiger partial charge in [-0.3, -0.25) is 0 Å². The second-order valence-corrected chi connectivity index (χ2v) is 3.98. The van der Waals surface area contributed by atoms with Gasteiger partial charge in [-0.1, -0.05) is 24.6 Å². The molecule has 0 saturated heterocycles. The van der Waals surface area contributed by atoms with Gasteiger partial charge >= 0.3 is 0 Å². The normalized spacial score (nSPS) is 12.9. The standard InChI is InChI=1S/C11H15ClFN/c1-7-3-4-9(12)11(13)10(7)8(2)5-6-14/h3-4,8H,5-6,14H2,1-2H3. The minimum absolute atomic E-state index is 0.124. The third-order valence-electron chi connectivity index (χ3n) is 2.44. The summed E-state index contributed by atoms with van der Waals surface area (Å²) < 4.78 is 13.7. The lowest BCUT2D eigenvalue weighted by Gasteiger charge is -2.15. The molecule has 1 unspecified atom stereocenters. The molecule has 0 amide bonds. The van der Waals surface area contributed by atoms with Crippen molar-refractivity contribution in [2.24, 2.45) is 5.73 Å². The molecule has 2 N–H and O–H groups in total. The van der Waals surface area contributed by atoms with Crippen LogP contribution in [0.25, 0.3) is 0 Å². The smallest absolute Gasteiger partial charge is 0.145 e. The Hall–Kier alpha value is -0.600. The Morgan fingerprint density at radius 1 is 1.50 bits per heavy atom. The molecule has 0 aliphatic rings. The van der Waals surface area contributed by atoms with Crippen molar-refractivity contribution in [3.63, 3.8) is 0 Å². The molecule has 0 radical (unpaired) electrons. The number of aryl methyl sites for hydroxylation is 1. The fourth-order valence-electron chi connectivity index (χ4n) is 1.66. The lowest BCUT2D eigenvalue weighted by atomic mass is 9.93. The Labute approximate surface area is 89.1 Å². The number of halogens is 2. The lowest BCUT2D eigenvalue weighted by molar-refractivity contribution is 0.574. The van der Waals surface area contributed by atoms with E-state index in [2.05, 4.69) is 0 Å². The third kappa shape index (κ3) is 2.25. The van der Waals surface area contributed by atoms with E-state index in [0.29, 0.717) is 12.1 Å². The van der Waals surface area contributed by atoms with E-state index in [9.17, 15) is 4.39 Å². The van der Waals surface area contributed by atoms with Crippen molar-refractivity contribution in [3.05, 3.63) is 34.1 Å². The van der Waals surface area contributed by atoms with Gasteiger partial charge in [0.25, 0.3) is 0 Å². The summed E-state index contributed by atoms with van der Waals surface area (Å²) in [6.45, 7) is 4.42. The molecule has 3 heteroatoms. The van der Waals surface area contributed by atoms with Crippen LogP contribution in [0.3, 0.4) is 0 Å². The maximum Gasteiger partial charge on any atom is 0.145 e. The number of rotatable bonds is 3. The number of benzene rings is 1. The Bertz CT molecular complexity index is 325. The van der Waals surface area contributed by atoms with Gasteiger partial charge in [0.15, 0.2) is 0 Å². The first-order valence-electron chi connectivity index (χ1n) is 4.72. The van der Waals surface area contributed by atoms with Crippen molar-refractivity contribution >= 4 is 11.6 Å². The zero-order chi connectivity index (χ0) is 10.7. The predicted molar refractivity (Wildman–Crippen MR) is 58.2 cm³/mol. The topological polar surface area (TPSA) is 26.0 Å². The number of hydrogen-bond acceptors (Lipinski definition) is 1. The van der Waals surface area contributed by atoms with Crippen LogP contribution in [0.4, 0.5) is 4.39 Å². The van der Waals surface area contributed by atoms with Gasteiger partial charge in [-0.2, -0.15) is 0 Å². The molecule has 78 valence electrons. The van der Waals surface area contributed by atoms with Crippen molar-refractivity contribution < 1.29 is 4.39 Å². The van der Waals surface area contributed by atoms with Crippen molar-refractivity contribution in [1.82, 2.24) is 0 Å². The molecule has 14 heavy (non-hydrogen) atoms. The van der Waals surface area contributed by atoms with Crippen LogP contribution in [0, 0.1) is 12.7 Å². The van der Waals surface area contributed by atoms with Crippen LogP contribution in [0.5, 0.6) is 0 Å². The molecule has 0 fully saturated rings. The SMILES string of the molecule is Cc1ccc(Cl)c(F)c1C(C)CCN. The van der Waals surface area contributed by atoms with Crippen LogP contribution < -0.4 is 5.73 Å². The molecule has 0 spiro atoms. The second-order valence-electron chi connectivity index (χ2n) is 3.57. The van der Waals surface area contributed by atoms with E-state index in [1.54, 1.807) is 6.07 Å². The minimum Gasteiger partial charge on any atom is -0.330 e. The average molecular weight is 216 g/mol. The van der Waals surface area contributed by atoms with Crippen molar-refractivity contribution in [2.75, 3.05) is 6.54 Å². The van der Waals surface area contributed by atoms with Gasteiger partial charge in [0.05, 0.1) is 5.02 Å². The van der Waals surface area contributed by atoms with Gasteiger partial charge in [0.2, 0.25) is 0 Å². The monoisotopic (exact) mass is 215 g/mol. The summed E-state index contributed by atoms with van der Waals surface area (Å²) in [6, 6.07) is 3.43. The van der Waals surface area contributed by atoms with Gasteiger partial charge in [0.1, 0.15) is 5.82 Å². The van der Waals surface area contributed by atoms with Crippen LogP contribution >= 0.6 is 11.6 Å². The first kappa shape index (κ1) is 11.5. The highest BCUT2D eigenvalue weighted by Crippen LogP contribution is 2.29. The molecule has 1 aromatic rings. The molecule has 0 bridgehead atoms. The Morgan fingerprint density at radius 2 is 2.14 bits per heavy atom. The molecule has 0 saturated carbocycles. The van der Waals surface area contributed by atoms with Gasteiger partial charge in [-0.15, -0.1) is 0 Å². The molecule has 0 aromatic heterocycles. The van der Waals surface area contributed by atoms with Crippen molar-refractivity contribution in [2.45, 2.75) is 26.2 Å². The highest BCUT2D eigenvalue weighted by Gasteiger charge is 2.15. The maximum absolute atomic E-state index is 13.7. The van der Waals surface area contributed by atoms with Crippen LogP contribution in [0.15, 0.2) is 12.1 Å². The molecule has 1 nitrogen and oxygen atoms in total. The lowest BCUT2D eigenvalue weighted by Crippen LogP contribution is -2.07. The van der Waals surface area contributed by atoms with E-state index in [1.165, 1.54) is 0 Å². The highest BCUT2D eigenvalue weighted by atomic mass is 35.5. The summed E-state index contributed by atoms with van der Waals surface area (Å²) in [7, 11) is 0. The maximum atomic E-state index is 13.7. The van der Waals surface area contributed by atoms with E-state index in [1.807, 2.05) is 19.9 Å². The minimum atomic E-state index is -0.299. The molecule has 1 aromatic carbocycles. The van der Waals surface area contributed by atoms with Crippen LogP contribution in [0.2, 0.25) is 5.02 Å². The number of hydrogen-bond donors (Lipinski definition) is 1. The fourth-order valence-corrected chi connectivity index (χ4v) is 1.83. The largest absolute Gasteiger partial charge is 0.330 e. The summed E-state index contributed by atoms with van der Waals surface area (Å²) >= 11 is 5.72. The van der Waals surface area contributed by atoms with Gasteiger partial charge in [-0.05, 0) is 43.0 Å². The summed E-state index contributed by atoms with van der Waals surface area (Å²) in [5.41, 5.74) is 7.08. The van der Waals surface area contributed by atoms with E-state index in [0.717, 1.165) is 12.0 Å². The summed E-state index contributed by atoms with van der Waals surface area (Å²) in [6.07, 6.45) is 0.776. The van der Waals surface area contributed by atoms with Crippen LogP contribution in [-0.4, -0.2) is 6.54 Å². The molecule has 1 rings (SSSR count). The molecule has 0 aliphatic heterocycles. The quantitative estimate of drug-likeness (QED) is 0.823. The molecule has 0 aliphatic carbocycles. The van der Waals surface area contributed by atoms with E-state index >= 15 is 0 Å². The first-order valence-corrected chi connectivity index (χ1v) is 5.10. The highest BCUT2D eigenvalue weighted by molar-refractivity contribution is 6.30. The molecular formula is C11H15ClFN. The van der Waals surface area contributed by atoms with E-state index < -0.39 is 0 Å². The second kappa shape index (κ2) is 4.76. The summed E-state index contributed by atoms with van der Waals surface area (Å²) in [5.74, 6) is -0.175. The summed E-state index contributed by atoms with van der Waals surface area (Å²) in [4.78, 5) is 0. The molecule has 0 heterocycles. The predicted octanol–water partition coefficient (Wildman–Crippen LogP) is 3.24. The Morgan fingerprint density at radius 3 is 2.71 bits per heavy atom. The summed E-state index contributed by atoms with van der Waals surface area (Å²) in [5, 5.41) is 0.189. The average Bonchev–Trinajstić information content (AvgIpc) is 2.13.